The van der Waals surface area contributed by atoms with Gasteiger partial charge in [0.15, 0.2) is 0 Å². The highest BCUT2D eigenvalue weighted by Gasteiger charge is 2.24. The summed E-state index contributed by atoms with van der Waals surface area (Å²) in [4.78, 5) is 15.6. The molecule has 0 aliphatic carbocycles. The van der Waals surface area contributed by atoms with Crippen molar-refractivity contribution in [1.82, 2.24) is 9.55 Å². The molecule has 4 nitrogen and oxygen atoms in total. The summed E-state index contributed by atoms with van der Waals surface area (Å²) >= 11 is 0. The maximum atomic E-state index is 11.3. The van der Waals surface area contributed by atoms with Crippen LogP contribution >= 0.6 is 0 Å². The number of benzene rings is 1. The summed E-state index contributed by atoms with van der Waals surface area (Å²) in [6.07, 6.45) is 1.74. The number of nitrogens with zero attached hydrogens (tertiary/aromatic N) is 2. The molecule has 0 amide bonds. The lowest BCUT2D eigenvalue weighted by atomic mass is 9.81. The maximum Gasteiger partial charge on any atom is 0.337 e. The minimum Gasteiger partial charge on any atom is -0.478 e. The molecule has 102 valence electrons. The number of carbonyl (C=O) groups is 1. The van der Waals surface area contributed by atoms with E-state index in [1.807, 2.05) is 10.6 Å². The molecule has 1 N–H and O–H groups in total. The summed E-state index contributed by atoms with van der Waals surface area (Å²) < 4.78 is 1.96. The van der Waals surface area contributed by atoms with E-state index >= 15 is 0 Å². The highest BCUT2D eigenvalue weighted by atomic mass is 16.4. The topological polar surface area (TPSA) is 55.1 Å². The van der Waals surface area contributed by atoms with E-state index < -0.39 is 5.97 Å². The Bertz CT molecular complexity index is 612. The first-order valence-corrected chi connectivity index (χ1v) is 6.50. The van der Waals surface area contributed by atoms with Crippen LogP contribution in [-0.2, 0) is 6.54 Å². The molecule has 0 bridgehead atoms. The third-order valence-corrected chi connectivity index (χ3v) is 4.01. The van der Waals surface area contributed by atoms with Crippen LogP contribution in [0.3, 0.4) is 0 Å². The second kappa shape index (κ2) is 4.68. The molecule has 0 unspecified atom stereocenters. The second-order valence-corrected chi connectivity index (χ2v) is 5.99. The van der Waals surface area contributed by atoms with Crippen LogP contribution in [0.4, 0.5) is 0 Å². The van der Waals surface area contributed by atoms with E-state index in [9.17, 15) is 9.90 Å². The lowest BCUT2D eigenvalue weighted by molar-refractivity contribution is 0.0698. The van der Waals surface area contributed by atoms with E-state index in [-0.39, 0.29) is 5.41 Å². The van der Waals surface area contributed by atoms with Gasteiger partial charge in [0.2, 0.25) is 0 Å². The van der Waals surface area contributed by atoms with E-state index in [1.54, 1.807) is 18.5 Å². The number of carboxylic acid groups (broad SMARTS) is 1. The number of aromatic nitrogens is 2. The predicted molar refractivity (Wildman–Crippen MR) is 75.3 cm³/mol. The van der Waals surface area contributed by atoms with Crippen molar-refractivity contribution in [2.24, 2.45) is 11.3 Å². The molecule has 0 aliphatic heterocycles. The number of imidazole rings is 1. The van der Waals surface area contributed by atoms with E-state index in [2.05, 4.69) is 32.7 Å². The van der Waals surface area contributed by atoms with Gasteiger partial charge in [0, 0.05) is 6.54 Å². The van der Waals surface area contributed by atoms with Crippen LogP contribution in [0.15, 0.2) is 24.5 Å². The third-order valence-electron chi connectivity index (χ3n) is 4.01. The predicted octanol–water partition coefficient (Wildman–Crippen LogP) is 3.42. The molecular weight excluding hydrogens is 240 g/mol. The van der Waals surface area contributed by atoms with Crippen molar-refractivity contribution < 1.29 is 9.90 Å². The Morgan fingerprint density at radius 3 is 2.68 bits per heavy atom. The quantitative estimate of drug-likeness (QED) is 0.916. The normalized spacial score (nSPS) is 12.3. The molecule has 2 rings (SSSR count). The van der Waals surface area contributed by atoms with Gasteiger partial charge < -0.3 is 9.67 Å². The second-order valence-electron chi connectivity index (χ2n) is 5.99. The lowest BCUT2D eigenvalue weighted by Gasteiger charge is -2.30. The first-order valence-electron chi connectivity index (χ1n) is 6.50. The van der Waals surface area contributed by atoms with Crippen LogP contribution in [-0.4, -0.2) is 20.6 Å². The minimum atomic E-state index is -0.908. The third kappa shape index (κ3) is 2.48. The first kappa shape index (κ1) is 13.6. The highest BCUT2D eigenvalue weighted by Crippen LogP contribution is 2.30. The Labute approximate surface area is 113 Å². The van der Waals surface area contributed by atoms with E-state index in [1.165, 1.54) is 0 Å². The number of aromatic carboxylic acids is 1. The molecule has 0 radical (unpaired) electrons. The van der Waals surface area contributed by atoms with Crippen molar-refractivity contribution in [1.29, 1.82) is 0 Å². The molecule has 0 saturated heterocycles. The largest absolute Gasteiger partial charge is 0.478 e. The molecular formula is C15H20N2O2. The summed E-state index contributed by atoms with van der Waals surface area (Å²) in [6, 6.07) is 5.21. The van der Waals surface area contributed by atoms with Crippen molar-refractivity contribution in [3.05, 3.63) is 30.1 Å². The smallest absolute Gasteiger partial charge is 0.337 e. The van der Waals surface area contributed by atoms with Gasteiger partial charge in [-0.05, 0) is 23.5 Å². The number of rotatable bonds is 4. The summed E-state index contributed by atoms with van der Waals surface area (Å²) in [5, 5.41) is 9.29. The summed E-state index contributed by atoms with van der Waals surface area (Å²) in [5.74, 6) is -0.406. The fourth-order valence-corrected chi connectivity index (χ4v) is 2.04. The summed E-state index contributed by atoms with van der Waals surface area (Å²) in [5.41, 5.74) is 1.84. The summed E-state index contributed by atoms with van der Waals surface area (Å²) in [7, 11) is 0. The van der Waals surface area contributed by atoms with Crippen molar-refractivity contribution in [3.8, 4) is 0 Å². The van der Waals surface area contributed by atoms with Crippen LogP contribution in [0.5, 0.6) is 0 Å². The Morgan fingerprint density at radius 1 is 1.42 bits per heavy atom. The van der Waals surface area contributed by atoms with Crippen molar-refractivity contribution in [2.45, 2.75) is 34.2 Å². The SMILES string of the molecule is CC(C)C(C)(C)Cn1cnc2cccc(C(=O)O)c21. The van der Waals surface area contributed by atoms with Gasteiger partial charge in [-0.2, -0.15) is 0 Å². The average Bonchev–Trinajstić information content (AvgIpc) is 2.71. The molecule has 2 aromatic rings. The Hall–Kier alpha value is -1.84. The van der Waals surface area contributed by atoms with E-state index in [0.29, 0.717) is 17.0 Å². The number of fused-ring (bicyclic) bond motifs is 1. The Morgan fingerprint density at radius 2 is 2.11 bits per heavy atom. The van der Waals surface area contributed by atoms with E-state index in [4.69, 9.17) is 0 Å². The molecule has 19 heavy (non-hydrogen) atoms. The summed E-state index contributed by atoms with van der Waals surface area (Å²) in [6.45, 7) is 9.49. The standard InChI is InChI=1S/C15H20N2O2/c1-10(2)15(3,4)8-17-9-16-12-7-5-6-11(13(12)17)14(18)19/h5-7,9-10H,8H2,1-4H3,(H,18,19). The van der Waals surface area contributed by atoms with E-state index in [0.717, 1.165) is 12.1 Å². The number of hydrogen-bond acceptors (Lipinski definition) is 2. The van der Waals surface area contributed by atoms with Gasteiger partial charge in [-0.3, -0.25) is 0 Å². The molecule has 4 heteroatoms. The van der Waals surface area contributed by atoms with Crippen LogP contribution in [0.1, 0.15) is 38.1 Å². The highest BCUT2D eigenvalue weighted by molar-refractivity contribution is 6.01. The molecule has 1 aromatic carbocycles. The number of hydrogen-bond donors (Lipinski definition) is 1. The lowest BCUT2D eigenvalue weighted by Crippen LogP contribution is -2.25. The van der Waals surface area contributed by atoms with Crippen molar-refractivity contribution in [3.63, 3.8) is 0 Å². The molecule has 1 aromatic heterocycles. The zero-order valence-electron chi connectivity index (χ0n) is 11.8. The molecule has 0 spiro atoms. The fourth-order valence-electron chi connectivity index (χ4n) is 2.04. The van der Waals surface area contributed by atoms with Crippen LogP contribution in [0.2, 0.25) is 0 Å². The molecule has 0 atom stereocenters. The van der Waals surface area contributed by atoms with Gasteiger partial charge in [0.05, 0.1) is 22.9 Å². The van der Waals surface area contributed by atoms with Crippen LogP contribution < -0.4 is 0 Å². The zero-order chi connectivity index (χ0) is 14.2. The minimum absolute atomic E-state index is 0.0826. The van der Waals surface area contributed by atoms with Gasteiger partial charge in [0.1, 0.15) is 0 Å². The molecule has 0 aliphatic rings. The van der Waals surface area contributed by atoms with Gasteiger partial charge in [-0.25, -0.2) is 9.78 Å². The number of carboxylic acids is 1. The molecule has 1 heterocycles. The van der Waals surface area contributed by atoms with Gasteiger partial charge in [0.25, 0.3) is 0 Å². The Balaban J connectivity index is 2.53. The van der Waals surface area contributed by atoms with Crippen LogP contribution in [0, 0.1) is 11.3 Å². The van der Waals surface area contributed by atoms with Crippen LogP contribution in [0.25, 0.3) is 11.0 Å². The monoisotopic (exact) mass is 260 g/mol. The van der Waals surface area contributed by atoms with Gasteiger partial charge >= 0.3 is 5.97 Å². The Kier molecular flexibility index (Phi) is 3.35. The fraction of sp³-hybridized carbons (Fsp3) is 0.467. The zero-order valence-corrected chi connectivity index (χ0v) is 11.8. The first-order chi connectivity index (χ1) is 8.83. The van der Waals surface area contributed by atoms with Gasteiger partial charge in [-0.15, -0.1) is 0 Å². The molecule has 0 saturated carbocycles. The van der Waals surface area contributed by atoms with Crippen molar-refractivity contribution >= 4 is 17.0 Å². The molecule has 0 fully saturated rings. The maximum absolute atomic E-state index is 11.3. The van der Waals surface area contributed by atoms with Gasteiger partial charge in [-0.1, -0.05) is 33.8 Å². The number of para-hydroxylation sites is 1. The average molecular weight is 260 g/mol. The van der Waals surface area contributed by atoms with Crippen molar-refractivity contribution in [2.75, 3.05) is 0 Å².